The quantitative estimate of drug-likeness (QED) is 0.836. The van der Waals surface area contributed by atoms with Crippen molar-refractivity contribution in [2.45, 2.75) is 20.0 Å². The number of rotatable bonds is 4. The summed E-state index contributed by atoms with van der Waals surface area (Å²) >= 11 is 5.59. The molecule has 0 aliphatic rings. The van der Waals surface area contributed by atoms with Crippen LogP contribution in [-0.2, 0) is 11.0 Å². The highest BCUT2D eigenvalue weighted by molar-refractivity contribution is 6.30. The van der Waals surface area contributed by atoms with E-state index in [-0.39, 0.29) is 10.7 Å². The lowest BCUT2D eigenvalue weighted by atomic mass is 10.1. The normalized spacial score (nSPS) is 11.2. The number of ether oxygens (including phenoxy) is 1. The maximum absolute atomic E-state index is 13.0. The highest BCUT2D eigenvalue weighted by Gasteiger charge is 2.34. The molecule has 128 valence electrons. The van der Waals surface area contributed by atoms with E-state index in [1.165, 1.54) is 6.07 Å². The number of anilines is 1. The molecule has 1 amide bonds. The fourth-order valence-corrected chi connectivity index (χ4v) is 2.38. The number of carbonyl (C=O) groups is 1. The number of alkyl halides is 3. The van der Waals surface area contributed by atoms with Gasteiger partial charge >= 0.3 is 6.18 Å². The number of hydrogen-bond donors (Lipinski definition) is 1. The summed E-state index contributed by atoms with van der Waals surface area (Å²) in [5.41, 5.74) is 0.556. The Morgan fingerprint density at radius 3 is 2.33 bits per heavy atom. The highest BCUT2D eigenvalue weighted by atomic mass is 35.5. The fraction of sp³-hybridized carbons (Fsp3) is 0.235. The van der Waals surface area contributed by atoms with Gasteiger partial charge in [-0.15, -0.1) is 0 Å². The van der Waals surface area contributed by atoms with Crippen LogP contribution in [0.4, 0.5) is 18.9 Å². The number of aryl methyl sites for hydroxylation is 2. The Kier molecular flexibility index (Phi) is 5.39. The van der Waals surface area contributed by atoms with Gasteiger partial charge in [0.1, 0.15) is 5.75 Å². The van der Waals surface area contributed by atoms with Crippen LogP contribution in [-0.4, -0.2) is 12.5 Å². The minimum absolute atomic E-state index is 0.0631. The molecular weight excluding hydrogens is 343 g/mol. The van der Waals surface area contributed by atoms with E-state index in [1.54, 1.807) is 12.1 Å². The lowest BCUT2D eigenvalue weighted by molar-refractivity contribution is -0.137. The number of halogens is 4. The van der Waals surface area contributed by atoms with Gasteiger partial charge in [-0.1, -0.05) is 17.7 Å². The number of amides is 1. The second-order valence-corrected chi connectivity index (χ2v) is 5.78. The number of hydrogen-bond acceptors (Lipinski definition) is 2. The van der Waals surface area contributed by atoms with Gasteiger partial charge in [0.05, 0.1) is 11.3 Å². The van der Waals surface area contributed by atoms with Gasteiger partial charge in [-0.2, -0.15) is 13.2 Å². The molecule has 0 aliphatic heterocycles. The lowest BCUT2D eigenvalue weighted by Gasteiger charge is -2.14. The van der Waals surface area contributed by atoms with E-state index in [1.807, 2.05) is 19.9 Å². The topological polar surface area (TPSA) is 38.3 Å². The van der Waals surface area contributed by atoms with Gasteiger partial charge in [0.25, 0.3) is 5.91 Å². The van der Waals surface area contributed by atoms with Crippen LogP contribution in [0, 0.1) is 13.8 Å². The Morgan fingerprint density at radius 2 is 1.75 bits per heavy atom. The predicted molar refractivity (Wildman–Crippen MR) is 86.5 cm³/mol. The zero-order valence-electron chi connectivity index (χ0n) is 13.0. The molecule has 24 heavy (non-hydrogen) atoms. The Hall–Kier alpha value is -2.21. The van der Waals surface area contributed by atoms with Crippen molar-refractivity contribution < 1.29 is 22.7 Å². The van der Waals surface area contributed by atoms with Crippen molar-refractivity contribution in [1.82, 2.24) is 0 Å². The molecule has 0 heterocycles. The maximum Gasteiger partial charge on any atom is 0.418 e. The van der Waals surface area contributed by atoms with Crippen LogP contribution in [0.25, 0.3) is 0 Å². The van der Waals surface area contributed by atoms with Crippen molar-refractivity contribution in [3.05, 3.63) is 58.1 Å². The zero-order chi connectivity index (χ0) is 17.9. The van der Waals surface area contributed by atoms with E-state index >= 15 is 0 Å². The third-order valence-corrected chi connectivity index (χ3v) is 3.36. The molecule has 7 heteroatoms. The van der Waals surface area contributed by atoms with Crippen molar-refractivity contribution in [2.24, 2.45) is 0 Å². The zero-order valence-corrected chi connectivity index (χ0v) is 13.8. The van der Waals surface area contributed by atoms with Crippen molar-refractivity contribution in [3.8, 4) is 5.75 Å². The lowest BCUT2D eigenvalue weighted by Crippen LogP contribution is -2.22. The van der Waals surface area contributed by atoms with Crippen molar-refractivity contribution in [3.63, 3.8) is 0 Å². The van der Waals surface area contributed by atoms with Gasteiger partial charge in [0, 0.05) is 5.02 Å². The molecule has 0 atom stereocenters. The summed E-state index contributed by atoms with van der Waals surface area (Å²) in [6.07, 6.45) is -4.62. The van der Waals surface area contributed by atoms with Gasteiger partial charge in [0.2, 0.25) is 0 Å². The first-order valence-corrected chi connectivity index (χ1v) is 7.40. The number of benzene rings is 2. The molecule has 0 spiro atoms. The van der Waals surface area contributed by atoms with Gasteiger partial charge in [0.15, 0.2) is 6.61 Å². The molecule has 2 rings (SSSR count). The Morgan fingerprint density at radius 1 is 1.12 bits per heavy atom. The molecule has 0 radical (unpaired) electrons. The van der Waals surface area contributed by atoms with Crippen LogP contribution in [0.15, 0.2) is 36.4 Å². The molecule has 0 saturated heterocycles. The van der Waals surface area contributed by atoms with E-state index in [0.29, 0.717) is 5.75 Å². The standard InChI is InChI=1S/C17H15ClF3NO2/c1-10-5-11(2)7-13(6-10)24-9-16(23)22-15-4-3-12(18)8-14(15)17(19,20)21/h3-8H,9H2,1-2H3,(H,22,23). The molecule has 3 nitrogen and oxygen atoms in total. The second-order valence-electron chi connectivity index (χ2n) is 5.35. The van der Waals surface area contributed by atoms with Crippen molar-refractivity contribution >= 4 is 23.2 Å². The predicted octanol–water partition coefficient (Wildman–Crippen LogP) is 4.99. The molecule has 1 N–H and O–H groups in total. The molecule has 2 aromatic carbocycles. The third-order valence-electron chi connectivity index (χ3n) is 3.13. The molecule has 0 aliphatic carbocycles. The maximum atomic E-state index is 13.0. The summed E-state index contributed by atoms with van der Waals surface area (Å²) < 4.78 is 44.3. The monoisotopic (exact) mass is 357 g/mol. The summed E-state index contributed by atoms with van der Waals surface area (Å²) in [5, 5.41) is 2.14. The average Bonchev–Trinajstić information content (AvgIpc) is 2.45. The Balaban J connectivity index is 2.07. The first kappa shape index (κ1) is 18.1. The number of nitrogens with one attached hydrogen (secondary N) is 1. The minimum Gasteiger partial charge on any atom is -0.484 e. The van der Waals surface area contributed by atoms with E-state index in [9.17, 15) is 18.0 Å². The Labute approximate surface area is 142 Å². The second kappa shape index (κ2) is 7.13. The highest BCUT2D eigenvalue weighted by Crippen LogP contribution is 2.36. The molecule has 0 saturated carbocycles. The van der Waals surface area contributed by atoms with E-state index in [0.717, 1.165) is 23.3 Å². The average molecular weight is 358 g/mol. The molecule has 0 aromatic heterocycles. The van der Waals surface area contributed by atoms with Crippen LogP contribution in [0.3, 0.4) is 0 Å². The summed E-state index contributed by atoms with van der Waals surface area (Å²) in [7, 11) is 0. The first-order valence-electron chi connectivity index (χ1n) is 7.03. The van der Waals surface area contributed by atoms with Crippen LogP contribution in [0.2, 0.25) is 5.02 Å². The van der Waals surface area contributed by atoms with E-state index < -0.39 is 24.3 Å². The molecule has 0 unspecified atom stereocenters. The molecular formula is C17H15ClF3NO2. The minimum atomic E-state index is -4.62. The van der Waals surface area contributed by atoms with Crippen LogP contribution in [0.5, 0.6) is 5.75 Å². The fourth-order valence-electron chi connectivity index (χ4n) is 2.21. The summed E-state index contributed by atoms with van der Waals surface area (Å²) in [6, 6.07) is 8.57. The van der Waals surface area contributed by atoms with Crippen LogP contribution in [0.1, 0.15) is 16.7 Å². The molecule has 0 bridgehead atoms. The van der Waals surface area contributed by atoms with E-state index in [2.05, 4.69) is 5.32 Å². The van der Waals surface area contributed by atoms with Crippen LogP contribution < -0.4 is 10.1 Å². The number of carbonyl (C=O) groups excluding carboxylic acids is 1. The summed E-state index contributed by atoms with van der Waals surface area (Å²) in [5.74, 6) is -0.211. The van der Waals surface area contributed by atoms with Gasteiger partial charge in [-0.05, 0) is 55.3 Å². The first-order chi connectivity index (χ1) is 11.1. The van der Waals surface area contributed by atoms with E-state index in [4.69, 9.17) is 16.3 Å². The van der Waals surface area contributed by atoms with Gasteiger partial charge < -0.3 is 10.1 Å². The summed E-state index contributed by atoms with van der Waals surface area (Å²) in [6.45, 7) is 3.36. The smallest absolute Gasteiger partial charge is 0.418 e. The van der Waals surface area contributed by atoms with Crippen molar-refractivity contribution in [2.75, 3.05) is 11.9 Å². The third kappa shape index (κ3) is 4.89. The SMILES string of the molecule is Cc1cc(C)cc(OCC(=O)Nc2ccc(Cl)cc2C(F)(F)F)c1. The van der Waals surface area contributed by atoms with Gasteiger partial charge in [-0.25, -0.2) is 0 Å². The molecule has 0 fully saturated rings. The van der Waals surface area contributed by atoms with Gasteiger partial charge in [-0.3, -0.25) is 4.79 Å². The molecule has 2 aromatic rings. The van der Waals surface area contributed by atoms with Crippen LogP contribution >= 0.6 is 11.6 Å². The largest absolute Gasteiger partial charge is 0.484 e. The summed E-state index contributed by atoms with van der Waals surface area (Å²) in [4.78, 5) is 11.9. The van der Waals surface area contributed by atoms with Crippen molar-refractivity contribution in [1.29, 1.82) is 0 Å². The Bertz CT molecular complexity index is 740.